The molecular formula is C15H16N2OS2. The van der Waals surface area contributed by atoms with Gasteiger partial charge < -0.3 is 15.4 Å². The van der Waals surface area contributed by atoms with E-state index in [0.29, 0.717) is 5.11 Å². The monoisotopic (exact) mass is 304 g/mol. The molecule has 0 unspecified atom stereocenters. The first-order valence-electron chi connectivity index (χ1n) is 6.08. The first kappa shape index (κ1) is 14.7. The molecule has 0 aliphatic heterocycles. The van der Waals surface area contributed by atoms with Gasteiger partial charge in [0.2, 0.25) is 0 Å². The number of rotatable bonds is 4. The second-order valence-corrected chi connectivity index (χ2v) is 5.30. The van der Waals surface area contributed by atoms with Gasteiger partial charge in [0.15, 0.2) is 5.11 Å². The molecule has 3 nitrogen and oxygen atoms in total. The molecule has 20 heavy (non-hydrogen) atoms. The number of benzene rings is 2. The summed E-state index contributed by atoms with van der Waals surface area (Å²) < 4.78 is 5.28. The first-order chi connectivity index (χ1) is 9.72. The van der Waals surface area contributed by atoms with Gasteiger partial charge in [-0.3, -0.25) is 0 Å². The van der Waals surface area contributed by atoms with Gasteiger partial charge in [-0.05, 0) is 48.8 Å². The lowest BCUT2D eigenvalue weighted by Crippen LogP contribution is -2.19. The molecule has 0 aromatic heterocycles. The molecular weight excluding hydrogens is 288 g/mol. The van der Waals surface area contributed by atoms with Gasteiger partial charge in [-0.15, -0.1) is 11.8 Å². The van der Waals surface area contributed by atoms with Gasteiger partial charge in [0, 0.05) is 10.6 Å². The lowest BCUT2D eigenvalue weighted by atomic mass is 10.3. The van der Waals surface area contributed by atoms with Crippen LogP contribution in [0.15, 0.2) is 53.4 Å². The van der Waals surface area contributed by atoms with E-state index in [4.69, 9.17) is 17.0 Å². The molecule has 0 atom stereocenters. The van der Waals surface area contributed by atoms with Crippen LogP contribution in [-0.4, -0.2) is 18.5 Å². The smallest absolute Gasteiger partial charge is 0.175 e. The van der Waals surface area contributed by atoms with Gasteiger partial charge >= 0.3 is 0 Å². The summed E-state index contributed by atoms with van der Waals surface area (Å²) in [7, 11) is 1.64. The van der Waals surface area contributed by atoms with Crippen molar-refractivity contribution in [2.75, 3.05) is 24.0 Å². The maximum Gasteiger partial charge on any atom is 0.175 e. The Morgan fingerprint density at radius 1 is 1.10 bits per heavy atom. The molecule has 0 saturated heterocycles. The predicted molar refractivity (Wildman–Crippen MR) is 91.1 cm³/mol. The zero-order chi connectivity index (χ0) is 14.4. The van der Waals surface area contributed by atoms with Crippen LogP contribution in [0.2, 0.25) is 0 Å². The van der Waals surface area contributed by atoms with Crippen LogP contribution in [0.5, 0.6) is 5.75 Å². The second kappa shape index (κ2) is 7.17. The summed E-state index contributed by atoms with van der Waals surface area (Å²) >= 11 is 7.02. The molecule has 0 heterocycles. The van der Waals surface area contributed by atoms with Crippen LogP contribution in [-0.2, 0) is 0 Å². The number of methoxy groups -OCH3 is 1. The Balaban J connectivity index is 2.05. The Labute approximate surface area is 128 Å². The van der Waals surface area contributed by atoms with Crippen molar-refractivity contribution >= 4 is 40.5 Å². The number of para-hydroxylation sites is 2. The highest BCUT2D eigenvalue weighted by molar-refractivity contribution is 7.98. The third-order valence-electron chi connectivity index (χ3n) is 2.68. The number of thioether (sulfide) groups is 1. The van der Waals surface area contributed by atoms with Crippen LogP contribution in [0, 0.1) is 0 Å². The molecule has 104 valence electrons. The normalized spacial score (nSPS) is 9.90. The quantitative estimate of drug-likeness (QED) is 0.652. The molecule has 0 bridgehead atoms. The number of ether oxygens (including phenoxy) is 1. The fourth-order valence-corrected chi connectivity index (χ4v) is 2.42. The highest BCUT2D eigenvalue weighted by atomic mass is 32.2. The number of hydrogen-bond donors (Lipinski definition) is 2. The van der Waals surface area contributed by atoms with E-state index < -0.39 is 0 Å². The summed E-state index contributed by atoms with van der Waals surface area (Å²) in [6.45, 7) is 0. The highest BCUT2D eigenvalue weighted by Crippen LogP contribution is 2.24. The van der Waals surface area contributed by atoms with Gasteiger partial charge in [-0.25, -0.2) is 0 Å². The lowest BCUT2D eigenvalue weighted by molar-refractivity contribution is 0.417. The summed E-state index contributed by atoms with van der Waals surface area (Å²) in [5.74, 6) is 0.759. The van der Waals surface area contributed by atoms with Gasteiger partial charge in [0.25, 0.3) is 0 Å². The number of thiocarbonyl (C=S) groups is 1. The van der Waals surface area contributed by atoms with Crippen molar-refractivity contribution in [1.82, 2.24) is 0 Å². The third kappa shape index (κ3) is 3.88. The molecule has 2 rings (SSSR count). The van der Waals surface area contributed by atoms with E-state index >= 15 is 0 Å². The van der Waals surface area contributed by atoms with Crippen LogP contribution < -0.4 is 15.4 Å². The number of hydrogen-bond acceptors (Lipinski definition) is 3. The number of anilines is 2. The molecule has 0 aliphatic rings. The molecule has 0 aliphatic carbocycles. The van der Waals surface area contributed by atoms with Gasteiger partial charge in [0.05, 0.1) is 12.8 Å². The Hall–Kier alpha value is -1.72. The summed E-state index contributed by atoms with van der Waals surface area (Å²) in [6.07, 6.45) is 2.05. The minimum Gasteiger partial charge on any atom is -0.495 e. The van der Waals surface area contributed by atoms with E-state index in [9.17, 15) is 0 Å². The van der Waals surface area contributed by atoms with E-state index in [1.165, 1.54) is 4.90 Å². The summed E-state index contributed by atoms with van der Waals surface area (Å²) in [5, 5.41) is 6.84. The Morgan fingerprint density at radius 3 is 2.65 bits per heavy atom. The van der Waals surface area contributed by atoms with Crippen LogP contribution in [0.25, 0.3) is 0 Å². The van der Waals surface area contributed by atoms with Crippen molar-refractivity contribution in [3.05, 3.63) is 48.5 Å². The van der Waals surface area contributed by atoms with E-state index in [0.717, 1.165) is 17.1 Å². The molecule has 0 amide bonds. The maximum absolute atomic E-state index is 5.32. The average Bonchev–Trinajstić information content (AvgIpc) is 2.48. The molecule has 0 spiro atoms. The minimum atomic E-state index is 0.535. The van der Waals surface area contributed by atoms with E-state index in [1.807, 2.05) is 42.7 Å². The third-order valence-corrected chi connectivity index (χ3v) is 3.61. The molecule has 2 N–H and O–H groups in total. The summed E-state index contributed by atoms with van der Waals surface area (Å²) in [4.78, 5) is 1.19. The Morgan fingerprint density at radius 2 is 1.90 bits per heavy atom. The van der Waals surface area contributed by atoms with Gasteiger partial charge in [-0.2, -0.15) is 0 Å². The molecule has 2 aromatic rings. The van der Waals surface area contributed by atoms with E-state index in [1.54, 1.807) is 18.9 Å². The van der Waals surface area contributed by atoms with E-state index in [-0.39, 0.29) is 0 Å². The van der Waals surface area contributed by atoms with Gasteiger partial charge in [-0.1, -0.05) is 18.2 Å². The van der Waals surface area contributed by atoms with Crippen LogP contribution in [0.4, 0.5) is 11.4 Å². The van der Waals surface area contributed by atoms with Crippen LogP contribution >= 0.6 is 24.0 Å². The van der Waals surface area contributed by atoms with E-state index in [2.05, 4.69) is 22.8 Å². The SMILES string of the molecule is COc1ccccc1NC(=S)Nc1cccc(SC)c1. The van der Waals surface area contributed by atoms with Crippen LogP contribution in [0.1, 0.15) is 0 Å². The van der Waals surface area contributed by atoms with Crippen molar-refractivity contribution in [1.29, 1.82) is 0 Å². The Bertz CT molecular complexity index is 602. The largest absolute Gasteiger partial charge is 0.495 e. The Kier molecular flexibility index (Phi) is 5.26. The summed E-state index contributed by atoms with van der Waals surface area (Å²) in [6, 6.07) is 15.8. The zero-order valence-corrected chi connectivity index (χ0v) is 13.0. The molecule has 0 fully saturated rings. The highest BCUT2D eigenvalue weighted by Gasteiger charge is 2.04. The van der Waals surface area contributed by atoms with Crippen molar-refractivity contribution in [3.8, 4) is 5.75 Å². The molecule has 0 radical (unpaired) electrons. The van der Waals surface area contributed by atoms with Crippen molar-refractivity contribution in [2.24, 2.45) is 0 Å². The standard InChI is InChI=1S/C15H16N2OS2/c1-18-14-9-4-3-8-13(14)17-15(19)16-11-6-5-7-12(10-11)20-2/h3-10H,1-2H3,(H2,16,17,19). The van der Waals surface area contributed by atoms with Crippen molar-refractivity contribution in [2.45, 2.75) is 4.90 Å². The molecule has 2 aromatic carbocycles. The minimum absolute atomic E-state index is 0.535. The fraction of sp³-hybridized carbons (Fsp3) is 0.133. The lowest BCUT2D eigenvalue weighted by Gasteiger charge is -2.13. The first-order valence-corrected chi connectivity index (χ1v) is 7.71. The van der Waals surface area contributed by atoms with Gasteiger partial charge in [0.1, 0.15) is 5.75 Å². The molecule has 5 heteroatoms. The topological polar surface area (TPSA) is 33.3 Å². The van der Waals surface area contributed by atoms with Crippen LogP contribution in [0.3, 0.4) is 0 Å². The number of nitrogens with one attached hydrogen (secondary N) is 2. The second-order valence-electron chi connectivity index (χ2n) is 4.01. The van der Waals surface area contributed by atoms with Crippen molar-refractivity contribution < 1.29 is 4.74 Å². The fourth-order valence-electron chi connectivity index (χ4n) is 1.73. The zero-order valence-electron chi connectivity index (χ0n) is 11.3. The molecule has 0 saturated carbocycles. The average molecular weight is 304 g/mol. The van der Waals surface area contributed by atoms with Crippen molar-refractivity contribution in [3.63, 3.8) is 0 Å². The maximum atomic E-state index is 5.32. The summed E-state index contributed by atoms with van der Waals surface area (Å²) in [5.41, 5.74) is 1.80. The predicted octanol–water partition coefficient (Wildman–Crippen LogP) is 4.23.